The van der Waals surface area contributed by atoms with Gasteiger partial charge >= 0.3 is 5.97 Å². The molecule has 9 nitrogen and oxygen atoms in total. The molecule has 0 aliphatic heterocycles. The summed E-state index contributed by atoms with van der Waals surface area (Å²) in [5.41, 5.74) is 4.89. The Hall–Kier alpha value is -3.86. The second-order valence-electron chi connectivity index (χ2n) is 7.50. The number of aromatic nitrogens is 3. The van der Waals surface area contributed by atoms with E-state index in [1.54, 1.807) is 18.2 Å². The minimum Gasteiger partial charge on any atom is -0.479 e. The number of carbonyl (C=O) groups excluding carboxylic acids is 1. The number of nitrogens with zero attached hydrogens (tertiary/aromatic N) is 3. The first-order valence-electron chi connectivity index (χ1n) is 10.1. The van der Waals surface area contributed by atoms with Crippen LogP contribution in [0.15, 0.2) is 60.7 Å². The van der Waals surface area contributed by atoms with Crippen molar-refractivity contribution in [2.24, 2.45) is 0 Å². The molecule has 11 heteroatoms. The van der Waals surface area contributed by atoms with Crippen molar-refractivity contribution in [1.29, 1.82) is 0 Å². The molecule has 1 atom stereocenters. The Morgan fingerprint density at radius 1 is 1.09 bits per heavy atom. The van der Waals surface area contributed by atoms with Crippen molar-refractivity contribution in [2.75, 3.05) is 6.54 Å². The number of aliphatic hydroxyl groups is 1. The quantitative estimate of drug-likeness (QED) is 0.283. The SMILES string of the molecule is O=C(NN(Cc1ccc(-c2cccc(Cl)c2)cc1)C[C@@H](O)C(=O)O)c1ccc2n[nH]nc2c1F. The van der Waals surface area contributed by atoms with E-state index in [1.165, 1.54) is 17.1 Å². The van der Waals surface area contributed by atoms with Crippen LogP contribution >= 0.6 is 11.6 Å². The van der Waals surface area contributed by atoms with Crippen LogP contribution in [0, 0.1) is 5.82 Å². The third kappa shape index (κ3) is 5.20. The van der Waals surface area contributed by atoms with Gasteiger partial charge in [0.1, 0.15) is 11.0 Å². The summed E-state index contributed by atoms with van der Waals surface area (Å²) >= 11 is 6.05. The Kier molecular flexibility index (Phi) is 6.82. The first-order chi connectivity index (χ1) is 16.3. The number of aromatic amines is 1. The zero-order valence-electron chi connectivity index (χ0n) is 17.6. The van der Waals surface area contributed by atoms with E-state index in [0.29, 0.717) is 5.02 Å². The number of carboxylic acids is 1. The molecular weight excluding hydrogens is 465 g/mol. The molecule has 4 N–H and O–H groups in total. The van der Waals surface area contributed by atoms with Crippen LogP contribution in [-0.4, -0.2) is 55.2 Å². The molecule has 0 aliphatic carbocycles. The van der Waals surface area contributed by atoms with Gasteiger partial charge < -0.3 is 10.2 Å². The van der Waals surface area contributed by atoms with Crippen molar-refractivity contribution >= 4 is 34.5 Å². The minimum atomic E-state index is -1.77. The van der Waals surface area contributed by atoms with Gasteiger partial charge in [-0.2, -0.15) is 15.4 Å². The summed E-state index contributed by atoms with van der Waals surface area (Å²) in [6, 6.07) is 17.3. The molecule has 4 rings (SSSR count). The lowest BCUT2D eigenvalue weighted by Crippen LogP contribution is -2.47. The first kappa shape index (κ1) is 23.3. The van der Waals surface area contributed by atoms with E-state index in [0.717, 1.165) is 16.7 Å². The molecular formula is C23H19ClFN5O4. The molecule has 34 heavy (non-hydrogen) atoms. The van der Waals surface area contributed by atoms with Crippen LogP contribution in [0.4, 0.5) is 4.39 Å². The Morgan fingerprint density at radius 2 is 1.85 bits per heavy atom. The number of amides is 1. The summed E-state index contributed by atoms with van der Waals surface area (Å²) in [4.78, 5) is 23.9. The Morgan fingerprint density at radius 3 is 2.56 bits per heavy atom. The van der Waals surface area contributed by atoms with Crippen LogP contribution in [0.1, 0.15) is 15.9 Å². The monoisotopic (exact) mass is 483 g/mol. The van der Waals surface area contributed by atoms with E-state index in [4.69, 9.17) is 16.7 Å². The molecule has 174 valence electrons. The first-order valence-corrected chi connectivity index (χ1v) is 10.5. The number of halogens is 2. The van der Waals surface area contributed by atoms with Gasteiger partial charge in [0.25, 0.3) is 5.91 Å². The van der Waals surface area contributed by atoms with Crippen molar-refractivity contribution in [3.63, 3.8) is 0 Å². The van der Waals surface area contributed by atoms with Crippen LogP contribution in [0.3, 0.4) is 0 Å². The largest absolute Gasteiger partial charge is 0.479 e. The van der Waals surface area contributed by atoms with Crippen molar-refractivity contribution in [1.82, 2.24) is 25.8 Å². The van der Waals surface area contributed by atoms with Gasteiger partial charge in [0.05, 0.1) is 12.1 Å². The normalized spacial score (nSPS) is 12.1. The number of hydrogen-bond acceptors (Lipinski definition) is 6. The van der Waals surface area contributed by atoms with Gasteiger partial charge in [0.2, 0.25) is 0 Å². The predicted molar refractivity (Wildman–Crippen MR) is 122 cm³/mol. The van der Waals surface area contributed by atoms with Crippen molar-refractivity contribution in [2.45, 2.75) is 12.6 Å². The number of carbonyl (C=O) groups is 2. The minimum absolute atomic E-state index is 0.0553. The van der Waals surface area contributed by atoms with Crippen LogP contribution in [-0.2, 0) is 11.3 Å². The van der Waals surface area contributed by atoms with Gasteiger partial charge in [-0.1, -0.05) is 48.0 Å². The molecule has 0 spiro atoms. The highest BCUT2D eigenvalue weighted by atomic mass is 35.5. The van der Waals surface area contributed by atoms with Crippen LogP contribution in [0.2, 0.25) is 5.02 Å². The lowest BCUT2D eigenvalue weighted by atomic mass is 10.0. The molecule has 0 aliphatic rings. The van der Waals surface area contributed by atoms with Crippen LogP contribution < -0.4 is 5.43 Å². The number of carboxylic acid groups (broad SMARTS) is 1. The molecule has 1 amide bonds. The van der Waals surface area contributed by atoms with Gasteiger partial charge in [0.15, 0.2) is 11.9 Å². The Bertz CT molecular complexity index is 1340. The number of benzene rings is 3. The third-order valence-corrected chi connectivity index (χ3v) is 5.33. The fraction of sp³-hybridized carbons (Fsp3) is 0.130. The number of aliphatic hydroxyl groups excluding tert-OH is 1. The molecule has 0 bridgehead atoms. The summed E-state index contributed by atoms with van der Waals surface area (Å²) in [6.45, 7) is -0.370. The number of H-pyrrole nitrogens is 1. The maximum atomic E-state index is 14.7. The highest BCUT2D eigenvalue weighted by molar-refractivity contribution is 6.30. The van der Waals surface area contributed by atoms with E-state index in [9.17, 15) is 19.1 Å². The third-order valence-electron chi connectivity index (χ3n) is 5.10. The fourth-order valence-corrected chi connectivity index (χ4v) is 3.58. The molecule has 0 radical (unpaired) electrons. The van der Waals surface area contributed by atoms with Crippen molar-refractivity contribution in [3.8, 4) is 11.1 Å². The van der Waals surface area contributed by atoms with E-state index in [-0.39, 0.29) is 23.1 Å². The summed E-state index contributed by atoms with van der Waals surface area (Å²) in [7, 11) is 0. The number of hydrazine groups is 1. The number of nitrogens with one attached hydrogen (secondary N) is 2. The molecule has 0 saturated carbocycles. The topological polar surface area (TPSA) is 131 Å². The average molecular weight is 484 g/mol. The van der Waals surface area contributed by atoms with Crippen LogP contribution in [0.5, 0.6) is 0 Å². The summed E-state index contributed by atoms with van der Waals surface area (Å²) in [5.74, 6) is -3.14. The maximum Gasteiger partial charge on any atom is 0.333 e. The number of aliphatic carboxylic acids is 1. The summed E-state index contributed by atoms with van der Waals surface area (Å²) in [6.07, 6.45) is -1.77. The van der Waals surface area contributed by atoms with Gasteiger partial charge in [-0.3, -0.25) is 10.2 Å². The summed E-state index contributed by atoms with van der Waals surface area (Å²) < 4.78 is 14.7. The fourth-order valence-electron chi connectivity index (χ4n) is 3.39. The lowest BCUT2D eigenvalue weighted by Gasteiger charge is -2.24. The van der Waals surface area contributed by atoms with Gasteiger partial charge in [-0.15, -0.1) is 0 Å². The number of fused-ring (bicyclic) bond motifs is 1. The second kappa shape index (κ2) is 9.96. The predicted octanol–water partition coefficient (Wildman–Crippen LogP) is 3.01. The van der Waals surface area contributed by atoms with Gasteiger partial charge in [-0.05, 0) is 41.0 Å². The van der Waals surface area contributed by atoms with Crippen LogP contribution in [0.25, 0.3) is 22.2 Å². The molecule has 0 unspecified atom stereocenters. The standard InChI is InChI=1S/C23H19ClFN5O4/c24-16-3-1-2-15(10-16)14-6-4-13(5-7-14)11-30(12-19(31)23(33)34)28-22(32)17-8-9-18-21(20(17)25)27-29-26-18/h1-10,19,31H,11-12H2,(H,28,32)(H,33,34)(H,26,27,29)/t19-/m1/s1. The smallest absolute Gasteiger partial charge is 0.333 e. The van der Waals surface area contributed by atoms with Gasteiger partial charge in [0, 0.05) is 11.6 Å². The molecule has 4 aromatic rings. The molecule has 1 heterocycles. The molecule has 0 fully saturated rings. The highest BCUT2D eigenvalue weighted by Crippen LogP contribution is 2.23. The Labute approximate surface area is 197 Å². The van der Waals surface area contributed by atoms with E-state index >= 15 is 0 Å². The Balaban J connectivity index is 1.54. The van der Waals surface area contributed by atoms with E-state index < -0.39 is 30.3 Å². The van der Waals surface area contributed by atoms with Crippen molar-refractivity contribution in [3.05, 3.63) is 82.6 Å². The molecule has 0 saturated heterocycles. The number of hydrogen-bond donors (Lipinski definition) is 4. The second-order valence-corrected chi connectivity index (χ2v) is 7.94. The van der Waals surface area contributed by atoms with Gasteiger partial charge in [-0.25, -0.2) is 14.2 Å². The summed E-state index contributed by atoms with van der Waals surface area (Å²) in [5, 5.41) is 30.5. The zero-order valence-corrected chi connectivity index (χ0v) is 18.3. The number of rotatable bonds is 8. The average Bonchev–Trinajstić information content (AvgIpc) is 3.29. The van der Waals surface area contributed by atoms with E-state index in [2.05, 4.69) is 20.8 Å². The molecule has 3 aromatic carbocycles. The maximum absolute atomic E-state index is 14.7. The van der Waals surface area contributed by atoms with E-state index in [1.807, 2.05) is 30.3 Å². The zero-order chi connectivity index (χ0) is 24.2. The lowest BCUT2D eigenvalue weighted by molar-refractivity contribution is -0.148. The highest BCUT2D eigenvalue weighted by Gasteiger charge is 2.23. The molecule has 1 aromatic heterocycles. The van der Waals surface area contributed by atoms with Crippen molar-refractivity contribution < 1.29 is 24.2 Å².